The van der Waals surface area contributed by atoms with Gasteiger partial charge in [0.15, 0.2) is 5.13 Å². The monoisotopic (exact) mass is 634 g/mol. The number of nitrogens with one attached hydrogen (secondary N) is 3. The second kappa shape index (κ2) is 15.0. The highest BCUT2D eigenvalue weighted by Gasteiger charge is 2.16. The van der Waals surface area contributed by atoms with Crippen LogP contribution in [0, 0.1) is 6.92 Å². The summed E-state index contributed by atoms with van der Waals surface area (Å²) in [5.41, 5.74) is 3.63. The normalized spacial score (nSPS) is 11.0. The zero-order chi connectivity index (χ0) is 31.6. The van der Waals surface area contributed by atoms with Gasteiger partial charge in [-0.2, -0.15) is 0 Å². The Morgan fingerprint density at radius 1 is 0.844 bits per heavy atom. The molecule has 0 saturated heterocycles. The predicted octanol–water partition coefficient (Wildman–Crippen LogP) is 7.27. The van der Waals surface area contributed by atoms with E-state index in [9.17, 15) is 14.4 Å². The Morgan fingerprint density at radius 3 is 2.18 bits per heavy atom. The van der Waals surface area contributed by atoms with Crippen molar-refractivity contribution < 1.29 is 19.1 Å². The van der Waals surface area contributed by atoms with E-state index in [4.69, 9.17) is 4.74 Å². The largest absolute Gasteiger partial charge is 0.497 e. The van der Waals surface area contributed by atoms with Gasteiger partial charge < -0.3 is 20.7 Å². The number of thiazole rings is 1. The number of hydrogen-bond donors (Lipinski definition) is 3. The van der Waals surface area contributed by atoms with Gasteiger partial charge in [0.05, 0.1) is 18.6 Å². The number of hydrogen-bond acceptors (Lipinski definition) is 7. The van der Waals surface area contributed by atoms with Gasteiger partial charge in [-0.1, -0.05) is 60.7 Å². The Balaban J connectivity index is 1.20. The fourth-order valence-electron chi connectivity index (χ4n) is 4.26. The molecule has 0 fully saturated rings. The minimum absolute atomic E-state index is 0.0805. The number of amides is 3. The number of anilines is 2. The summed E-state index contributed by atoms with van der Waals surface area (Å²) in [6.07, 6.45) is 1.60. The van der Waals surface area contributed by atoms with E-state index in [0.29, 0.717) is 27.7 Å². The smallest absolute Gasteiger partial charge is 0.272 e. The molecule has 0 saturated carbocycles. The molecule has 0 aliphatic heterocycles. The molecular weight excluding hydrogens is 605 g/mol. The van der Waals surface area contributed by atoms with E-state index in [0.717, 1.165) is 21.0 Å². The Labute approximate surface area is 269 Å². The molecule has 1 heterocycles. The topological polar surface area (TPSA) is 109 Å². The molecule has 45 heavy (non-hydrogen) atoms. The molecule has 0 aliphatic rings. The minimum Gasteiger partial charge on any atom is -0.497 e. The van der Waals surface area contributed by atoms with Crippen molar-refractivity contribution in [2.75, 3.05) is 23.5 Å². The van der Waals surface area contributed by atoms with Gasteiger partial charge in [-0.25, -0.2) is 4.98 Å². The molecule has 226 valence electrons. The summed E-state index contributed by atoms with van der Waals surface area (Å²) in [6, 6.07) is 32.8. The van der Waals surface area contributed by atoms with E-state index in [2.05, 4.69) is 20.9 Å². The van der Waals surface area contributed by atoms with Gasteiger partial charge in [-0.05, 0) is 67.1 Å². The number of nitrogens with zero attached hydrogens (tertiary/aromatic N) is 1. The first-order valence-electron chi connectivity index (χ1n) is 14.0. The molecule has 0 unspecified atom stereocenters. The van der Waals surface area contributed by atoms with Crippen molar-refractivity contribution in [2.24, 2.45) is 0 Å². The van der Waals surface area contributed by atoms with Crippen LogP contribution in [0.2, 0.25) is 0 Å². The standard InChI is InChI=1S/C35H30N4O4S2/c1-23-32(25-9-5-3-6-10-25)39-35(45-23)38-31(40)22-44-29-19-15-27(16-20-29)36-34(42)30(21-24-13-17-28(43-2)18-14-24)37-33(41)26-11-7-4-8-12-26/h3-21H,22H2,1-2H3,(H,36,42)(H,37,41)(H,38,39,40)/b30-21-. The lowest BCUT2D eigenvalue weighted by molar-refractivity contribution is -0.114. The Bertz CT molecular complexity index is 1800. The first-order chi connectivity index (χ1) is 21.9. The molecule has 0 radical (unpaired) electrons. The summed E-state index contributed by atoms with van der Waals surface area (Å²) < 4.78 is 5.21. The number of aromatic nitrogens is 1. The first-order valence-corrected chi connectivity index (χ1v) is 15.8. The number of thioether (sulfide) groups is 1. The highest BCUT2D eigenvalue weighted by molar-refractivity contribution is 8.00. The van der Waals surface area contributed by atoms with E-state index >= 15 is 0 Å². The fraction of sp³-hybridized carbons (Fsp3) is 0.0857. The SMILES string of the molecule is COc1ccc(/C=C(\NC(=O)c2ccccc2)C(=O)Nc2ccc(SCC(=O)Nc3nc(-c4ccccc4)c(C)s3)cc2)cc1. The average molecular weight is 635 g/mol. The number of carbonyl (C=O) groups is 3. The molecule has 10 heteroatoms. The van der Waals surface area contributed by atoms with Crippen LogP contribution in [-0.2, 0) is 9.59 Å². The summed E-state index contributed by atoms with van der Waals surface area (Å²) in [5.74, 6) is -0.167. The van der Waals surface area contributed by atoms with E-state index < -0.39 is 11.8 Å². The van der Waals surface area contributed by atoms with E-state index in [1.54, 1.807) is 73.8 Å². The molecular formula is C35H30N4O4S2. The maximum atomic E-state index is 13.3. The van der Waals surface area contributed by atoms with E-state index in [1.165, 1.54) is 23.1 Å². The molecule has 3 amide bonds. The van der Waals surface area contributed by atoms with Gasteiger partial charge in [0.25, 0.3) is 11.8 Å². The maximum Gasteiger partial charge on any atom is 0.272 e. The van der Waals surface area contributed by atoms with Gasteiger partial charge in [0.2, 0.25) is 5.91 Å². The molecule has 1 aromatic heterocycles. The Hall–Kier alpha value is -5.19. The minimum atomic E-state index is -0.483. The van der Waals surface area contributed by atoms with Crippen LogP contribution in [0.25, 0.3) is 17.3 Å². The molecule has 0 bridgehead atoms. The summed E-state index contributed by atoms with van der Waals surface area (Å²) in [6.45, 7) is 1.99. The Kier molecular flexibility index (Phi) is 10.4. The third-order valence-electron chi connectivity index (χ3n) is 6.53. The van der Waals surface area contributed by atoms with Gasteiger partial charge in [-0.3, -0.25) is 14.4 Å². The number of carbonyl (C=O) groups excluding carboxylic acids is 3. The van der Waals surface area contributed by atoms with Crippen LogP contribution in [0.5, 0.6) is 5.75 Å². The van der Waals surface area contributed by atoms with Crippen LogP contribution in [0.3, 0.4) is 0 Å². The molecule has 4 aromatic carbocycles. The highest BCUT2D eigenvalue weighted by atomic mass is 32.2. The van der Waals surface area contributed by atoms with Gasteiger partial charge >= 0.3 is 0 Å². The number of methoxy groups -OCH3 is 1. The van der Waals surface area contributed by atoms with Gasteiger partial charge in [0, 0.05) is 26.6 Å². The third kappa shape index (κ3) is 8.69. The second-order valence-electron chi connectivity index (χ2n) is 9.76. The van der Waals surface area contributed by atoms with E-state index in [-0.39, 0.29) is 17.4 Å². The summed E-state index contributed by atoms with van der Waals surface area (Å²) >= 11 is 2.82. The van der Waals surface area contributed by atoms with Crippen molar-refractivity contribution >= 4 is 57.7 Å². The zero-order valence-electron chi connectivity index (χ0n) is 24.6. The van der Waals surface area contributed by atoms with Crippen molar-refractivity contribution in [1.29, 1.82) is 0 Å². The predicted molar refractivity (Wildman–Crippen MR) is 182 cm³/mol. The number of rotatable bonds is 11. The third-order valence-corrected chi connectivity index (χ3v) is 8.43. The van der Waals surface area contributed by atoms with Crippen molar-refractivity contribution in [1.82, 2.24) is 10.3 Å². The lowest BCUT2D eigenvalue weighted by atomic mass is 10.1. The van der Waals surface area contributed by atoms with Crippen molar-refractivity contribution in [2.45, 2.75) is 11.8 Å². The van der Waals surface area contributed by atoms with Crippen molar-refractivity contribution in [3.8, 4) is 17.0 Å². The number of benzene rings is 4. The number of aryl methyl sites for hydroxylation is 1. The summed E-state index contributed by atoms with van der Waals surface area (Å²) in [7, 11) is 1.58. The molecule has 5 rings (SSSR count). The van der Waals surface area contributed by atoms with Crippen LogP contribution in [0.4, 0.5) is 10.8 Å². The number of ether oxygens (including phenoxy) is 1. The molecule has 0 aliphatic carbocycles. The van der Waals surface area contributed by atoms with Crippen LogP contribution in [0.15, 0.2) is 120 Å². The maximum absolute atomic E-state index is 13.3. The van der Waals surface area contributed by atoms with Crippen LogP contribution in [-0.4, -0.2) is 35.6 Å². The average Bonchev–Trinajstić information content (AvgIpc) is 3.44. The second-order valence-corrected chi connectivity index (χ2v) is 12.0. The molecule has 0 atom stereocenters. The zero-order valence-corrected chi connectivity index (χ0v) is 26.2. The lowest BCUT2D eigenvalue weighted by Crippen LogP contribution is -2.30. The summed E-state index contributed by atoms with van der Waals surface area (Å²) in [5, 5.41) is 9.03. The first kappa shape index (κ1) is 31.2. The molecule has 5 aromatic rings. The van der Waals surface area contributed by atoms with Crippen molar-refractivity contribution in [3.05, 3.63) is 131 Å². The molecule has 8 nitrogen and oxygen atoms in total. The van der Waals surface area contributed by atoms with Crippen molar-refractivity contribution in [3.63, 3.8) is 0 Å². The van der Waals surface area contributed by atoms with Gasteiger partial charge in [0.1, 0.15) is 11.4 Å². The highest BCUT2D eigenvalue weighted by Crippen LogP contribution is 2.30. The van der Waals surface area contributed by atoms with Gasteiger partial charge in [-0.15, -0.1) is 23.1 Å². The van der Waals surface area contributed by atoms with Crippen LogP contribution >= 0.6 is 23.1 Å². The Morgan fingerprint density at radius 2 is 1.51 bits per heavy atom. The van der Waals surface area contributed by atoms with Crippen LogP contribution < -0.4 is 20.7 Å². The van der Waals surface area contributed by atoms with E-state index in [1.807, 2.05) is 55.5 Å². The quantitative estimate of drug-likeness (QED) is 0.104. The molecule has 0 spiro atoms. The lowest BCUT2D eigenvalue weighted by Gasteiger charge is -2.12. The van der Waals surface area contributed by atoms with Crippen LogP contribution in [0.1, 0.15) is 20.8 Å². The summed E-state index contributed by atoms with van der Waals surface area (Å²) in [4.78, 5) is 45.3. The fourth-order valence-corrected chi connectivity index (χ4v) is 5.81. The molecule has 3 N–H and O–H groups in total.